The van der Waals surface area contributed by atoms with Gasteiger partial charge in [-0.25, -0.2) is 0 Å². The first-order chi connectivity index (χ1) is 9.95. The summed E-state index contributed by atoms with van der Waals surface area (Å²) >= 11 is -2.26. The summed E-state index contributed by atoms with van der Waals surface area (Å²) < 4.78 is 2.95. The number of H-pyrrole nitrogens is 1. The zero-order valence-corrected chi connectivity index (χ0v) is 16.0. The molecule has 0 spiro atoms. The molecule has 0 aliphatic heterocycles. The fourth-order valence-corrected chi connectivity index (χ4v) is 5.63. The molecular weight excluding hydrogens is 371 g/mol. The van der Waals surface area contributed by atoms with Crippen LogP contribution in [0.5, 0.6) is 0 Å². The van der Waals surface area contributed by atoms with Gasteiger partial charge in [-0.15, -0.1) is 0 Å². The van der Waals surface area contributed by atoms with Crippen LogP contribution in [0.1, 0.15) is 32.1 Å². The fourth-order valence-electron chi connectivity index (χ4n) is 3.08. The predicted octanol–water partition coefficient (Wildman–Crippen LogP) is 2.25. The van der Waals surface area contributed by atoms with Gasteiger partial charge in [-0.3, -0.25) is 0 Å². The van der Waals surface area contributed by atoms with Crippen LogP contribution in [0.15, 0.2) is 11.0 Å². The summed E-state index contributed by atoms with van der Waals surface area (Å²) in [4.78, 5) is 31.3. The molecule has 1 N–H and O–H groups in total. The molecule has 0 unspecified atom stereocenters. The van der Waals surface area contributed by atoms with Crippen molar-refractivity contribution in [2.45, 2.75) is 53.5 Å². The minimum atomic E-state index is -2.26. The van der Waals surface area contributed by atoms with Crippen molar-refractivity contribution in [1.29, 1.82) is 0 Å². The van der Waals surface area contributed by atoms with Gasteiger partial charge >= 0.3 is 129 Å². The number of rotatable bonds is 3. The van der Waals surface area contributed by atoms with Gasteiger partial charge in [0.15, 0.2) is 0 Å². The molecule has 1 saturated carbocycles. The number of nitrogens with zero attached hydrogens (tertiary/aromatic N) is 3. The Hall–Kier alpha value is -0.851. The van der Waals surface area contributed by atoms with Gasteiger partial charge < -0.3 is 0 Å². The van der Waals surface area contributed by atoms with E-state index in [9.17, 15) is 4.79 Å². The Morgan fingerprint density at radius 1 is 1.29 bits per heavy atom. The topological polar surface area (TPSA) is 63.6 Å². The zero-order chi connectivity index (χ0) is 15.0. The monoisotopic (exact) mass is 396 g/mol. The molecule has 21 heavy (non-hydrogen) atoms. The van der Waals surface area contributed by atoms with Gasteiger partial charge in [0.05, 0.1) is 0 Å². The van der Waals surface area contributed by atoms with Crippen LogP contribution in [0.4, 0.5) is 0 Å². The number of imidazole rings is 1. The second kappa shape index (κ2) is 5.74. The number of aromatic nitrogens is 4. The van der Waals surface area contributed by atoms with Gasteiger partial charge in [0, 0.05) is 0 Å². The van der Waals surface area contributed by atoms with Crippen LogP contribution in [-0.2, 0) is 6.54 Å². The predicted molar refractivity (Wildman–Crippen MR) is 87.7 cm³/mol. The van der Waals surface area contributed by atoms with E-state index in [0.717, 1.165) is 15.9 Å². The minimum absolute atomic E-state index is 0.0585. The fraction of sp³-hybridized carbons (Fsp3) is 0.667. The second-order valence-electron chi connectivity index (χ2n) is 7.22. The third-order valence-corrected chi connectivity index (χ3v) is 9.49. The van der Waals surface area contributed by atoms with Gasteiger partial charge in [0.25, 0.3) is 0 Å². The van der Waals surface area contributed by atoms with E-state index in [-0.39, 0.29) is 5.69 Å². The van der Waals surface area contributed by atoms with Crippen LogP contribution in [-0.4, -0.2) is 37.9 Å². The van der Waals surface area contributed by atoms with Crippen molar-refractivity contribution in [3.63, 3.8) is 0 Å². The maximum absolute atomic E-state index is 12.2. The maximum atomic E-state index is 12.2. The van der Waals surface area contributed by atoms with E-state index < -0.39 is 18.4 Å². The second-order valence-corrected chi connectivity index (χ2v) is 21.5. The van der Waals surface area contributed by atoms with Crippen LogP contribution in [0.25, 0.3) is 11.3 Å². The summed E-state index contributed by atoms with van der Waals surface area (Å²) in [6, 6.07) is 0. The van der Waals surface area contributed by atoms with Crippen molar-refractivity contribution < 1.29 is 0 Å². The van der Waals surface area contributed by atoms with Gasteiger partial charge in [-0.05, 0) is 0 Å². The molecule has 0 aromatic carbocycles. The van der Waals surface area contributed by atoms with E-state index in [2.05, 4.69) is 24.8 Å². The van der Waals surface area contributed by atoms with E-state index in [1.165, 1.54) is 32.1 Å². The molecule has 0 radical (unpaired) electrons. The quantitative estimate of drug-likeness (QED) is 0.812. The Morgan fingerprint density at radius 3 is 2.67 bits per heavy atom. The van der Waals surface area contributed by atoms with Crippen molar-refractivity contribution in [2.75, 3.05) is 0 Å². The number of aromatic amines is 1. The van der Waals surface area contributed by atoms with Crippen LogP contribution >= 0.6 is 0 Å². The molecule has 5 nitrogen and oxygen atoms in total. The van der Waals surface area contributed by atoms with E-state index in [1.807, 2.05) is 10.8 Å². The van der Waals surface area contributed by atoms with Crippen LogP contribution in [0, 0.1) is 5.92 Å². The van der Waals surface area contributed by atoms with Gasteiger partial charge in [0.1, 0.15) is 0 Å². The molecule has 0 amide bonds. The van der Waals surface area contributed by atoms with Gasteiger partial charge in [0.2, 0.25) is 0 Å². The van der Waals surface area contributed by atoms with Crippen LogP contribution < -0.4 is 9.40 Å². The molecule has 0 atom stereocenters. The SMILES string of the molecule is [CH3][Sn]([CH3])([CH3])[c]1cnc2[nH]c(=O)n(CC3CCCCC3)c2n1. The average molecular weight is 395 g/mol. The number of fused-ring (bicyclic) bond motifs is 1. The van der Waals surface area contributed by atoms with Crippen molar-refractivity contribution >= 4 is 33.4 Å². The number of nitrogens with one attached hydrogen (secondary N) is 1. The van der Waals surface area contributed by atoms with E-state index in [1.54, 1.807) is 0 Å². The first-order valence-corrected chi connectivity index (χ1v) is 17.9. The first-order valence-electron chi connectivity index (χ1n) is 7.91. The van der Waals surface area contributed by atoms with E-state index in [4.69, 9.17) is 4.98 Å². The first kappa shape index (κ1) is 15.1. The normalized spacial score (nSPS) is 17.5. The van der Waals surface area contributed by atoms with Crippen molar-refractivity contribution in [2.24, 2.45) is 5.92 Å². The average Bonchev–Trinajstić information content (AvgIpc) is 2.75. The van der Waals surface area contributed by atoms with Gasteiger partial charge in [-0.1, -0.05) is 0 Å². The van der Waals surface area contributed by atoms with Crippen LogP contribution in [0.3, 0.4) is 0 Å². The van der Waals surface area contributed by atoms with E-state index >= 15 is 0 Å². The van der Waals surface area contributed by atoms with Crippen molar-refractivity contribution in [1.82, 2.24) is 19.5 Å². The van der Waals surface area contributed by atoms with Crippen LogP contribution in [0.2, 0.25) is 14.8 Å². The molecule has 1 aliphatic carbocycles. The summed E-state index contributed by atoms with van der Waals surface area (Å²) in [6.45, 7) is 0.788. The summed E-state index contributed by atoms with van der Waals surface area (Å²) in [6.07, 6.45) is 8.23. The number of hydrogen-bond donors (Lipinski definition) is 1. The Balaban J connectivity index is 2.00. The standard InChI is InChI=1S/C12H15N4O.3CH3.Sn/c17-12-15-10-11(14-7-6-13-10)16(12)8-9-4-2-1-3-5-9;;;;/h6,9H,1-5,8H2,(H,13,15,17);3*1H3;. The van der Waals surface area contributed by atoms with Crippen molar-refractivity contribution in [3.8, 4) is 0 Å². The number of hydrogen-bond acceptors (Lipinski definition) is 3. The summed E-state index contributed by atoms with van der Waals surface area (Å²) in [5.41, 5.74) is 1.33. The summed E-state index contributed by atoms with van der Waals surface area (Å²) in [7, 11) is 0. The Bertz CT molecular complexity index is 692. The molecule has 1 fully saturated rings. The molecule has 0 bridgehead atoms. The zero-order valence-electron chi connectivity index (χ0n) is 13.1. The molecule has 1 aliphatic rings. The third-order valence-electron chi connectivity index (χ3n) is 4.41. The van der Waals surface area contributed by atoms with Gasteiger partial charge in [-0.2, -0.15) is 0 Å². The Kier molecular flexibility index (Phi) is 4.12. The molecule has 2 aromatic heterocycles. The molecular formula is C15H24N4OSn. The molecule has 3 rings (SSSR count). The molecule has 114 valence electrons. The molecule has 2 aromatic rings. The molecule has 2 heterocycles. The molecule has 0 saturated heterocycles. The molecule has 6 heteroatoms. The Morgan fingerprint density at radius 2 is 2.00 bits per heavy atom. The van der Waals surface area contributed by atoms with Crippen molar-refractivity contribution in [3.05, 3.63) is 16.7 Å². The summed E-state index contributed by atoms with van der Waals surface area (Å²) in [5, 5.41) is 0. The Labute approximate surface area is 129 Å². The summed E-state index contributed by atoms with van der Waals surface area (Å²) in [5.74, 6) is 0.610. The third kappa shape index (κ3) is 3.17. The van der Waals surface area contributed by atoms with E-state index in [0.29, 0.717) is 11.6 Å².